The Morgan fingerprint density at radius 1 is 1.47 bits per heavy atom. The molecule has 0 saturated heterocycles. The Kier molecular flexibility index (Phi) is 2.87. The first-order chi connectivity index (χ1) is 7.31. The monoisotopic (exact) mass is 218 g/mol. The van der Waals surface area contributed by atoms with Crippen LogP contribution < -0.4 is 0 Å². The van der Waals surface area contributed by atoms with Crippen molar-refractivity contribution in [2.75, 3.05) is 0 Å². The highest BCUT2D eigenvalue weighted by Gasteiger charge is 2.11. The van der Waals surface area contributed by atoms with Crippen LogP contribution in [0.2, 0.25) is 0 Å². The minimum Gasteiger partial charge on any atom is -0.287 e. The van der Waals surface area contributed by atoms with Gasteiger partial charge in [-0.15, -0.1) is 5.10 Å². The van der Waals surface area contributed by atoms with Crippen LogP contribution in [0.4, 0.5) is 0 Å². The van der Waals surface area contributed by atoms with E-state index >= 15 is 0 Å². The topological polar surface area (TPSA) is 42.9 Å². The van der Waals surface area contributed by atoms with Gasteiger partial charge < -0.3 is 0 Å². The summed E-state index contributed by atoms with van der Waals surface area (Å²) in [6, 6.07) is 7.62. The fourth-order valence-electron chi connectivity index (χ4n) is 1.34. The fraction of sp³-hybridized carbons (Fsp3) is 0.182. The molecule has 0 amide bonds. The first kappa shape index (κ1) is 9.98. The van der Waals surface area contributed by atoms with Gasteiger partial charge in [0.2, 0.25) is 5.78 Å². The number of aryl methyl sites for hydroxylation is 1. The third kappa shape index (κ3) is 2.10. The number of carbonyl (C=O) groups is 1. The maximum Gasteiger partial charge on any atom is 0.214 e. The second-order valence-electron chi connectivity index (χ2n) is 3.17. The van der Waals surface area contributed by atoms with Crippen LogP contribution in [0.3, 0.4) is 0 Å². The molecule has 0 N–H and O–H groups in total. The molecule has 0 bridgehead atoms. The van der Waals surface area contributed by atoms with E-state index < -0.39 is 0 Å². The molecule has 1 aromatic heterocycles. The summed E-state index contributed by atoms with van der Waals surface area (Å²) in [5, 5.41) is 5.43. The maximum atomic E-state index is 11.9. The lowest BCUT2D eigenvalue weighted by Gasteiger charge is -2.00. The van der Waals surface area contributed by atoms with Gasteiger partial charge in [-0.1, -0.05) is 29.6 Å². The number of ketones is 1. The number of aromatic nitrogens is 2. The van der Waals surface area contributed by atoms with Gasteiger partial charge in [-0.05, 0) is 29.6 Å². The summed E-state index contributed by atoms with van der Waals surface area (Å²) in [7, 11) is 0. The second kappa shape index (κ2) is 4.31. The lowest BCUT2D eigenvalue weighted by molar-refractivity contribution is 0.103. The molecule has 1 aromatic carbocycles. The SMILES string of the molecule is CCc1cccc(C(=O)c2csnn2)c1. The van der Waals surface area contributed by atoms with Crippen molar-refractivity contribution in [3.63, 3.8) is 0 Å². The van der Waals surface area contributed by atoms with Gasteiger partial charge in [-0.25, -0.2) is 0 Å². The standard InChI is InChI=1S/C11H10N2OS/c1-2-8-4-3-5-9(6-8)11(14)10-7-15-13-12-10/h3-7H,2H2,1H3. The van der Waals surface area contributed by atoms with E-state index in [-0.39, 0.29) is 5.78 Å². The quantitative estimate of drug-likeness (QED) is 0.742. The molecule has 0 saturated carbocycles. The van der Waals surface area contributed by atoms with Gasteiger partial charge in [-0.3, -0.25) is 4.79 Å². The smallest absolute Gasteiger partial charge is 0.214 e. The highest BCUT2D eigenvalue weighted by atomic mass is 32.1. The van der Waals surface area contributed by atoms with E-state index in [4.69, 9.17) is 0 Å². The molecule has 0 atom stereocenters. The van der Waals surface area contributed by atoms with Gasteiger partial charge in [0.05, 0.1) is 0 Å². The molecule has 0 spiro atoms. The van der Waals surface area contributed by atoms with E-state index in [9.17, 15) is 4.79 Å². The lowest BCUT2D eigenvalue weighted by atomic mass is 10.0. The van der Waals surface area contributed by atoms with Gasteiger partial charge >= 0.3 is 0 Å². The first-order valence-electron chi connectivity index (χ1n) is 4.72. The van der Waals surface area contributed by atoms with Crippen molar-refractivity contribution >= 4 is 17.3 Å². The Hall–Kier alpha value is -1.55. The van der Waals surface area contributed by atoms with Crippen molar-refractivity contribution in [1.82, 2.24) is 9.59 Å². The molecule has 76 valence electrons. The predicted octanol–water partition coefficient (Wildman–Crippen LogP) is 2.33. The summed E-state index contributed by atoms with van der Waals surface area (Å²) in [6.45, 7) is 2.06. The summed E-state index contributed by atoms with van der Waals surface area (Å²) < 4.78 is 3.68. The van der Waals surface area contributed by atoms with Crippen LogP contribution in [0, 0.1) is 0 Å². The zero-order chi connectivity index (χ0) is 10.7. The van der Waals surface area contributed by atoms with Crippen molar-refractivity contribution in [3.8, 4) is 0 Å². The number of hydrogen-bond donors (Lipinski definition) is 0. The average Bonchev–Trinajstić information content (AvgIpc) is 2.81. The molecule has 0 radical (unpaired) electrons. The minimum absolute atomic E-state index is 0.0564. The fourth-order valence-corrected chi connectivity index (χ4v) is 1.78. The van der Waals surface area contributed by atoms with E-state index in [0.717, 1.165) is 12.0 Å². The molecule has 0 aliphatic carbocycles. The van der Waals surface area contributed by atoms with Crippen LogP contribution in [0.5, 0.6) is 0 Å². The maximum absolute atomic E-state index is 11.9. The van der Waals surface area contributed by atoms with Crippen LogP contribution in [0.25, 0.3) is 0 Å². The molecular formula is C11H10N2OS. The Bertz CT molecular complexity index is 465. The van der Waals surface area contributed by atoms with Crippen molar-refractivity contribution < 1.29 is 4.79 Å². The van der Waals surface area contributed by atoms with Crippen molar-refractivity contribution in [3.05, 3.63) is 46.5 Å². The Morgan fingerprint density at radius 3 is 3.00 bits per heavy atom. The zero-order valence-corrected chi connectivity index (χ0v) is 9.12. The van der Waals surface area contributed by atoms with Gasteiger partial charge in [0, 0.05) is 10.9 Å². The largest absolute Gasteiger partial charge is 0.287 e. The molecule has 2 rings (SSSR count). The summed E-state index contributed by atoms with van der Waals surface area (Å²) in [4.78, 5) is 11.9. The molecule has 0 unspecified atom stereocenters. The number of carbonyl (C=O) groups excluding carboxylic acids is 1. The van der Waals surface area contributed by atoms with E-state index in [2.05, 4.69) is 16.5 Å². The van der Waals surface area contributed by atoms with Gasteiger partial charge in [0.1, 0.15) is 5.69 Å². The van der Waals surface area contributed by atoms with Gasteiger partial charge in [0.15, 0.2) is 0 Å². The summed E-state index contributed by atoms with van der Waals surface area (Å²) in [5.74, 6) is -0.0564. The van der Waals surface area contributed by atoms with E-state index in [0.29, 0.717) is 11.3 Å². The molecule has 2 aromatic rings. The van der Waals surface area contributed by atoms with Gasteiger partial charge in [0.25, 0.3) is 0 Å². The molecule has 3 nitrogen and oxygen atoms in total. The summed E-state index contributed by atoms with van der Waals surface area (Å²) >= 11 is 1.19. The predicted molar refractivity (Wildman–Crippen MR) is 59.2 cm³/mol. The van der Waals surface area contributed by atoms with Crippen LogP contribution in [0.15, 0.2) is 29.6 Å². The molecule has 0 aliphatic rings. The highest BCUT2D eigenvalue weighted by molar-refractivity contribution is 7.03. The zero-order valence-electron chi connectivity index (χ0n) is 8.30. The Labute approximate surface area is 91.9 Å². The number of rotatable bonds is 3. The van der Waals surface area contributed by atoms with Crippen molar-refractivity contribution in [2.24, 2.45) is 0 Å². The molecular weight excluding hydrogens is 208 g/mol. The Balaban J connectivity index is 2.34. The van der Waals surface area contributed by atoms with Crippen LogP contribution in [-0.4, -0.2) is 15.4 Å². The number of benzene rings is 1. The highest BCUT2D eigenvalue weighted by Crippen LogP contribution is 2.11. The average molecular weight is 218 g/mol. The van der Waals surface area contributed by atoms with E-state index in [1.165, 1.54) is 11.5 Å². The summed E-state index contributed by atoms with van der Waals surface area (Å²) in [5.41, 5.74) is 2.26. The van der Waals surface area contributed by atoms with E-state index in [1.807, 2.05) is 18.2 Å². The molecule has 0 fully saturated rings. The minimum atomic E-state index is -0.0564. The van der Waals surface area contributed by atoms with Crippen LogP contribution in [-0.2, 0) is 6.42 Å². The third-order valence-electron chi connectivity index (χ3n) is 2.19. The third-order valence-corrected chi connectivity index (χ3v) is 2.69. The van der Waals surface area contributed by atoms with E-state index in [1.54, 1.807) is 11.4 Å². The Morgan fingerprint density at radius 2 is 2.33 bits per heavy atom. The van der Waals surface area contributed by atoms with Crippen molar-refractivity contribution in [2.45, 2.75) is 13.3 Å². The number of nitrogens with zero attached hydrogens (tertiary/aromatic N) is 2. The molecule has 1 heterocycles. The lowest BCUT2D eigenvalue weighted by Crippen LogP contribution is -2.02. The van der Waals surface area contributed by atoms with Gasteiger partial charge in [-0.2, -0.15) is 0 Å². The summed E-state index contributed by atoms with van der Waals surface area (Å²) in [6.07, 6.45) is 0.927. The van der Waals surface area contributed by atoms with Crippen LogP contribution >= 0.6 is 11.5 Å². The second-order valence-corrected chi connectivity index (χ2v) is 3.78. The normalized spacial score (nSPS) is 10.2. The first-order valence-corrected chi connectivity index (χ1v) is 5.55. The number of hydrogen-bond acceptors (Lipinski definition) is 4. The van der Waals surface area contributed by atoms with Crippen LogP contribution in [0.1, 0.15) is 28.5 Å². The van der Waals surface area contributed by atoms with Crippen molar-refractivity contribution in [1.29, 1.82) is 0 Å². The molecule has 4 heteroatoms. The molecule has 15 heavy (non-hydrogen) atoms. The molecule has 0 aliphatic heterocycles.